The molecule has 1 aliphatic heterocycles. The second-order valence-corrected chi connectivity index (χ2v) is 10.0. The third kappa shape index (κ3) is 3.41. The Morgan fingerprint density at radius 3 is 2.60 bits per heavy atom. The minimum absolute atomic E-state index is 0.102. The first-order valence-corrected chi connectivity index (χ1v) is 11.8. The van der Waals surface area contributed by atoms with E-state index in [1.54, 1.807) is 12.1 Å². The summed E-state index contributed by atoms with van der Waals surface area (Å²) in [6, 6.07) is 10.8. The maximum atomic E-state index is 13.7. The molecule has 1 atom stereocenters. The Morgan fingerprint density at radius 2 is 1.90 bits per heavy atom. The van der Waals surface area contributed by atoms with Crippen LogP contribution in [0.1, 0.15) is 22.8 Å². The van der Waals surface area contributed by atoms with Crippen LogP contribution in [0, 0.1) is 0 Å². The Hall–Kier alpha value is -2.65. The van der Waals surface area contributed by atoms with Crippen molar-refractivity contribution in [3.8, 4) is 11.5 Å². The fourth-order valence-corrected chi connectivity index (χ4v) is 7.29. The lowest BCUT2D eigenvalue weighted by Crippen LogP contribution is -2.20. The van der Waals surface area contributed by atoms with Crippen molar-refractivity contribution in [2.75, 3.05) is 20.0 Å². The number of ether oxygens (including phenoxy) is 2. The number of methoxy groups -OCH3 is 2. The fourth-order valence-electron chi connectivity index (χ4n) is 3.76. The number of hydrogen-bond acceptors (Lipinski definition) is 6. The van der Waals surface area contributed by atoms with Crippen molar-refractivity contribution in [3.63, 3.8) is 0 Å². The minimum atomic E-state index is -3.79. The number of fused-ring (bicyclic) bond motifs is 2. The number of carboxylic acids is 1. The summed E-state index contributed by atoms with van der Waals surface area (Å²) in [4.78, 5) is 12.1. The number of nitrogens with zero attached hydrogens (tertiary/aromatic N) is 1. The van der Waals surface area contributed by atoms with Crippen LogP contribution in [-0.4, -0.2) is 43.4 Å². The van der Waals surface area contributed by atoms with Gasteiger partial charge >= 0.3 is 5.97 Å². The second-order valence-electron chi connectivity index (χ2n) is 6.95. The molecule has 0 fully saturated rings. The van der Waals surface area contributed by atoms with Crippen LogP contribution in [0.15, 0.2) is 47.5 Å². The molecule has 1 aromatic heterocycles. The average molecular weight is 448 g/mol. The van der Waals surface area contributed by atoms with Gasteiger partial charge in [-0.2, -0.15) is 0 Å². The number of benzene rings is 2. The first-order valence-electron chi connectivity index (χ1n) is 9.30. The predicted molar refractivity (Wildman–Crippen MR) is 115 cm³/mol. The van der Waals surface area contributed by atoms with Crippen LogP contribution in [0.2, 0.25) is 0 Å². The lowest BCUT2D eigenvalue weighted by Gasteiger charge is -2.15. The van der Waals surface area contributed by atoms with Gasteiger partial charge in [0, 0.05) is 34.7 Å². The summed E-state index contributed by atoms with van der Waals surface area (Å²) in [5.41, 5.74) is 1.87. The van der Waals surface area contributed by atoms with E-state index in [4.69, 9.17) is 14.6 Å². The van der Waals surface area contributed by atoms with Crippen molar-refractivity contribution in [2.24, 2.45) is 0 Å². The smallest absolute Gasteiger partial charge is 0.303 e. The lowest BCUT2D eigenvalue weighted by molar-refractivity contribution is -0.136. The van der Waals surface area contributed by atoms with Gasteiger partial charge in [0.1, 0.15) is 5.25 Å². The number of thioether (sulfide) groups is 1. The molecule has 1 aliphatic rings. The summed E-state index contributed by atoms with van der Waals surface area (Å²) < 4.78 is 39.4. The third-order valence-electron chi connectivity index (χ3n) is 5.26. The van der Waals surface area contributed by atoms with Crippen LogP contribution < -0.4 is 9.47 Å². The molecule has 2 aromatic carbocycles. The second kappa shape index (κ2) is 7.88. The highest BCUT2D eigenvalue weighted by atomic mass is 32.2. The van der Waals surface area contributed by atoms with E-state index in [-0.39, 0.29) is 12.8 Å². The van der Waals surface area contributed by atoms with Crippen molar-refractivity contribution >= 4 is 38.7 Å². The molecule has 7 nitrogen and oxygen atoms in total. The SMILES string of the molecule is COc1cc2c(CCC(=O)O)cn(S(=O)(=O)C3CSc4ccccc43)c2cc1OC. The van der Waals surface area contributed by atoms with Gasteiger partial charge in [0.15, 0.2) is 11.5 Å². The Morgan fingerprint density at radius 1 is 1.20 bits per heavy atom. The molecule has 2 heterocycles. The van der Waals surface area contributed by atoms with Gasteiger partial charge < -0.3 is 14.6 Å². The maximum Gasteiger partial charge on any atom is 0.303 e. The van der Waals surface area contributed by atoms with Crippen LogP contribution in [0.4, 0.5) is 0 Å². The summed E-state index contributed by atoms with van der Waals surface area (Å²) in [6.07, 6.45) is 1.64. The molecule has 0 bridgehead atoms. The molecule has 4 rings (SSSR count). The Balaban J connectivity index is 1.90. The van der Waals surface area contributed by atoms with Gasteiger partial charge in [0.05, 0.1) is 19.7 Å². The van der Waals surface area contributed by atoms with Gasteiger partial charge in [0.25, 0.3) is 0 Å². The van der Waals surface area contributed by atoms with Crippen LogP contribution in [-0.2, 0) is 21.2 Å². The first kappa shape index (κ1) is 20.6. The van der Waals surface area contributed by atoms with Crippen molar-refractivity contribution in [3.05, 3.63) is 53.7 Å². The maximum absolute atomic E-state index is 13.7. The summed E-state index contributed by atoms with van der Waals surface area (Å²) in [7, 11) is -0.801. The number of aliphatic carboxylic acids is 1. The fraction of sp³-hybridized carbons (Fsp3) is 0.286. The Bertz CT molecular complexity index is 1230. The van der Waals surface area contributed by atoms with Crippen molar-refractivity contribution in [2.45, 2.75) is 23.0 Å². The number of carbonyl (C=O) groups is 1. The summed E-state index contributed by atoms with van der Waals surface area (Å²) in [6.45, 7) is 0. The molecule has 1 N–H and O–H groups in total. The molecule has 1 unspecified atom stereocenters. The zero-order chi connectivity index (χ0) is 21.5. The third-order valence-corrected chi connectivity index (χ3v) is 8.64. The van der Waals surface area contributed by atoms with E-state index in [2.05, 4.69) is 0 Å². The topological polar surface area (TPSA) is 94.8 Å². The average Bonchev–Trinajstić information content (AvgIpc) is 3.33. The molecule has 0 spiro atoms. The number of aryl methyl sites for hydroxylation is 1. The highest BCUT2D eigenvalue weighted by Gasteiger charge is 2.36. The molecule has 30 heavy (non-hydrogen) atoms. The molecule has 0 saturated carbocycles. The quantitative estimate of drug-likeness (QED) is 0.590. The molecule has 0 radical (unpaired) electrons. The van der Waals surface area contributed by atoms with Crippen LogP contribution in [0.5, 0.6) is 11.5 Å². The van der Waals surface area contributed by atoms with Gasteiger partial charge in [0.2, 0.25) is 10.0 Å². The first-order chi connectivity index (χ1) is 14.4. The largest absolute Gasteiger partial charge is 0.493 e. The van der Waals surface area contributed by atoms with Gasteiger partial charge in [-0.25, -0.2) is 12.4 Å². The van der Waals surface area contributed by atoms with Crippen molar-refractivity contribution in [1.29, 1.82) is 0 Å². The standard InChI is InChI=1S/C21H21NO6S2/c1-27-17-9-15-13(7-8-21(23)24)11-22(16(15)10-18(17)28-2)30(25,26)20-12-29-19-6-4-3-5-14(19)20/h3-6,9-11,20H,7-8,12H2,1-2H3,(H,23,24). The monoisotopic (exact) mass is 447 g/mol. The van der Waals surface area contributed by atoms with E-state index in [0.717, 1.165) is 10.5 Å². The summed E-state index contributed by atoms with van der Waals surface area (Å²) in [5.74, 6) is 0.350. The van der Waals surface area contributed by atoms with Crippen molar-refractivity contribution in [1.82, 2.24) is 3.97 Å². The Kier molecular flexibility index (Phi) is 5.42. The zero-order valence-electron chi connectivity index (χ0n) is 16.5. The van der Waals surface area contributed by atoms with Gasteiger partial charge in [-0.15, -0.1) is 11.8 Å². The molecule has 0 aliphatic carbocycles. The normalized spacial score (nSPS) is 15.9. The van der Waals surface area contributed by atoms with Gasteiger partial charge in [-0.1, -0.05) is 18.2 Å². The molecular formula is C21H21NO6S2. The van der Waals surface area contributed by atoms with Crippen LogP contribution in [0.3, 0.4) is 0 Å². The highest BCUT2D eigenvalue weighted by molar-refractivity contribution is 8.01. The number of aromatic nitrogens is 1. The van der Waals surface area contributed by atoms with E-state index in [9.17, 15) is 13.2 Å². The highest BCUT2D eigenvalue weighted by Crippen LogP contribution is 2.44. The molecule has 9 heteroatoms. The molecular weight excluding hydrogens is 426 g/mol. The summed E-state index contributed by atoms with van der Waals surface area (Å²) >= 11 is 1.52. The summed E-state index contributed by atoms with van der Waals surface area (Å²) in [5, 5.41) is 9.06. The van der Waals surface area contributed by atoms with Crippen LogP contribution >= 0.6 is 11.8 Å². The van der Waals surface area contributed by atoms with Gasteiger partial charge in [-0.05, 0) is 29.7 Å². The van der Waals surface area contributed by atoms with E-state index in [1.165, 1.54) is 36.2 Å². The van der Waals surface area contributed by atoms with Crippen molar-refractivity contribution < 1.29 is 27.8 Å². The van der Waals surface area contributed by atoms with E-state index < -0.39 is 21.2 Å². The molecule has 158 valence electrons. The Labute approximate surface area is 178 Å². The van der Waals surface area contributed by atoms with E-state index in [1.807, 2.05) is 24.3 Å². The molecule has 3 aromatic rings. The number of carboxylic acid groups (broad SMARTS) is 1. The number of rotatable bonds is 7. The van der Waals surface area contributed by atoms with E-state index >= 15 is 0 Å². The lowest BCUT2D eigenvalue weighted by atomic mass is 10.1. The zero-order valence-corrected chi connectivity index (χ0v) is 18.1. The van der Waals surface area contributed by atoms with E-state index in [0.29, 0.717) is 33.7 Å². The van der Waals surface area contributed by atoms with Gasteiger partial charge in [-0.3, -0.25) is 4.79 Å². The predicted octanol–water partition coefficient (Wildman–Crippen LogP) is 3.70. The number of hydrogen-bond donors (Lipinski definition) is 1. The molecule has 0 amide bonds. The van der Waals surface area contributed by atoms with Crippen LogP contribution in [0.25, 0.3) is 10.9 Å². The molecule has 0 saturated heterocycles. The minimum Gasteiger partial charge on any atom is -0.493 e.